The van der Waals surface area contributed by atoms with Crippen molar-refractivity contribution in [2.75, 3.05) is 10.2 Å². The van der Waals surface area contributed by atoms with Crippen molar-refractivity contribution in [1.82, 2.24) is 25.1 Å². The lowest BCUT2D eigenvalue weighted by atomic mass is 10.1. The lowest BCUT2D eigenvalue weighted by Crippen LogP contribution is -2.09. The summed E-state index contributed by atoms with van der Waals surface area (Å²) in [6.45, 7) is 0. The Bertz CT molecular complexity index is 1290. The van der Waals surface area contributed by atoms with Gasteiger partial charge in [-0.1, -0.05) is 52.9 Å². The highest BCUT2D eigenvalue weighted by Gasteiger charge is 2.34. The van der Waals surface area contributed by atoms with E-state index in [1.807, 2.05) is 4.93 Å². The number of aromatic amines is 1. The normalized spacial score (nSPS) is 13.2. The second kappa shape index (κ2) is 10.0. The zero-order valence-corrected chi connectivity index (χ0v) is 20.0. The Morgan fingerprint density at radius 1 is 0.941 bits per heavy atom. The van der Waals surface area contributed by atoms with Crippen LogP contribution in [0.15, 0.2) is 54.6 Å². The van der Waals surface area contributed by atoms with Gasteiger partial charge in [0.2, 0.25) is 5.95 Å². The molecule has 1 fully saturated rings. The molecule has 1 aliphatic carbocycles. The van der Waals surface area contributed by atoms with E-state index < -0.39 is 17.6 Å². The van der Waals surface area contributed by atoms with Crippen molar-refractivity contribution in [2.24, 2.45) is 0 Å². The molecule has 1 saturated carbocycles. The van der Waals surface area contributed by atoms with Gasteiger partial charge in [-0.05, 0) is 36.0 Å². The molecular formula is C23H19F4IN6. The maximum Gasteiger partial charge on any atom is 0.417 e. The number of benzene rings is 2. The van der Waals surface area contributed by atoms with Crippen LogP contribution in [-0.2, 0) is 6.18 Å². The maximum atomic E-state index is 14.4. The van der Waals surface area contributed by atoms with Crippen LogP contribution >= 0.6 is 22.6 Å². The molecule has 6 nitrogen and oxygen atoms in total. The van der Waals surface area contributed by atoms with E-state index in [4.69, 9.17) is 0 Å². The lowest BCUT2D eigenvalue weighted by molar-refractivity contribution is -0.137. The average molecular weight is 582 g/mol. The first-order valence-electron chi connectivity index (χ1n) is 10.3. The molecule has 0 atom stereocenters. The van der Waals surface area contributed by atoms with Crippen molar-refractivity contribution < 1.29 is 17.6 Å². The number of aromatic nitrogens is 5. The maximum absolute atomic E-state index is 14.4. The van der Waals surface area contributed by atoms with E-state index in [1.54, 1.807) is 6.07 Å². The Morgan fingerprint density at radius 3 is 2.29 bits per heavy atom. The third-order valence-electron chi connectivity index (χ3n) is 5.06. The molecule has 0 unspecified atom stereocenters. The van der Waals surface area contributed by atoms with E-state index in [0.717, 1.165) is 24.7 Å². The molecule has 176 valence electrons. The van der Waals surface area contributed by atoms with Gasteiger partial charge in [-0.2, -0.15) is 18.2 Å². The first-order valence-corrected chi connectivity index (χ1v) is 12.4. The van der Waals surface area contributed by atoms with E-state index in [-0.39, 0.29) is 34.4 Å². The molecule has 0 radical (unpaired) electrons. The predicted octanol–water partition coefficient (Wildman–Crippen LogP) is 6.76. The zero-order chi connectivity index (χ0) is 24.3. The second-order valence-electron chi connectivity index (χ2n) is 7.43. The fourth-order valence-corrected chi connectivity index (χ4v) is 3.35. The Hall–Kier alpha value is -3.09. The highest BCUT2D eigenvalue weighted by Crippen LogP contribution is 2.39. The first-order chi connectivity index (χ1) is 16.4. The number of nitrogens with zero attached hydrogens (tertiary/aromatic N) is 4. The molecule has 0 bridgehead atoms. The Balaban J connectivity index is 0.00000133. The van der Waals surface area contributed by atoms with Gasteiger partial charge in [0.05, 0.1) is 11.3 Å². The van der Waals surface area contributed by atoms with Crippen LogP contribution in [0.1, 0.15) is 30.1 Å². The van der Waals surface area contributed by atoms with Crippen LogP contribution in [0.25, 0.3) is 22.6 Å². The topological polar surface area (TPSA) is 79.4 Å². The Kier molecular flexibility index (Phi) is 7.10. The van der Waals surface area contributed by atoms with Gasteiger partial charge in [-0.3, -0.25) is 5.10 Å². The number of rotatable bonds is 5. The van der Waals surface area contributed by atoms with Crippen molar-refractivity contribution in [1.29, 1.82) is 0 Å². The number of halogens is 5. The SMILES string of the molecule is CI.Fc1ccccc1-c1cc(Nc2n[nH]c(C3CC3)n2)nc(-c2ccccc2C(F)(F)F)n1. The van der Waals surface area contributed by atoms with Crippen LogP contribution in [-0.4, -0.2) is 30.1 Å². The van der Waals surface area contributed by atoms with Gasteiger partial charge in [0.15, 0.2) is 5.82 Å². The summed E-state index contributed by atoms with van der Waals surface area (Å²) in [5, 5.41) is 9.83. The van der Waals surface area contributed by atoms with Crippen LogP contribution in [0.5, 0.6) is 0 Å². The summed E-state index contributed by atoms with van der Waals surface area (Å²) in [5.41, 5.74) is -0.830. The number of H-pyrrole nitrogens is 1. The molecule has 0 aliphatic heterocycles. The van der Waals surface area contributed by atoms with Crippen LogP contribution in [0.3, 0.4) is 0 Å². The predicted molar refractivity (Wildman–Crippen MR) is 129 cm³/mol. The molecule has 11 heteroatoms. The summed E-state index contributed by atoms with van der Waals surface area (Å²) in [7, 11) is 0. The van der Waals surface area contributed by atoms with Gasteiger partial charge < -0.3 is 5.32 Å². The Labute approximate surface area is 206 Å². The van der Waals surface area contributed by atoms with E-state index >= 15 is 0 Å². The van der Waals surface area contributed by atoms with Gasteiger partial charge in [-0.25, -0.2) is 14.4 Å². The van der Waals surface area contributed by atoms with Crippen molar-refractivity contribution in [3.8, 4) is 22.6 Å². The lowest BCUT2D eigenvalue weighted by Gasteiger charge is -2.14. The number of nitrogens with one attached hydrogen (secondary N) is 2. The van der Waals surface area contributed by atoms with Gasteiger partial charge in [0, 0.05) is 23.1 Å². The molecule has 0 spiro atoms. The molecule has 0 amide bonds. The molecule has 2 aromatic heterocycles. The van der Waals surface area contributed by atoms with Crippen LogP contribution in [0, 0.1) is 5.82 Å². The highest BCUT2D eigenvalue weighted by atomic mass is 127. The van der Waals surface area contributed by atoms with Crippen molar-refractivity contribution >= 4 is 34.4 Å². The third-order valence-corrected chi connectivity index (χ3v) is 5.06. The quantitative estimate of drug-likeness (QED) is 0.155. The van der Waals surface area contributed by atoms with Crippen molar-refractivity contribution in [3.63, 3.8) is 0 Å². The molecule has 4 aromatic rings. The zero-order valence-electron chi connectivity index (χ0n) is 17.9. The van der Waals surface area contributed by atoms with Crippen LogP contribution in [0.4, 0.5) is 29.3 Å². The number of alkyl halides is 4. The first kappa shape index (κ1) is 24.0. The van der Waals surface area contributed by atoms with Crippen LogP contribution in [0.2, 0.25) is 0 Å². The van der Waals surface area contributed by atoms with Gasteiger partial charge >= 0.3 is 6.18 Å². The summed E-state index contributed by atoms with van der Waals surface area (Å²) >= 11 is 2.15. The Morgan fingerprint density at radius 2 is 1.62 bits per heavy atom. The van der Waals surface area contributed by atoms with Gasteiger partial charge in [0.1, 0.15) is 17.5 Å². The second-order valence-corrected chi connectivity index (χ2v) is 7.43. The van der Waals surface area contributed by atoms with Crippen molar-refractivity contribution in [3.05, 3.63) is 71.8 Å². The summed E-state index contributed by atoms with van der Waals surface area (Å²) in [5.74, 6) is 0.692. The summed E-state index contributed by atoms with van der Waals surface area (Å²) < 4.78 is 55.2. The summed E-state index contributed by atoms with van der Waals surface area (Å²) in [4.78, 5) is 14.8. The smallest absolute Gasteiger partial charge is 0.307 e. The van der Waals surface area contributed by atoms with Gasteiger partial charge in [0.25, 0.3) is 0 Å². The molecule has 2 N–H and O–H groups in total. The fourth-order valence-electron chi connectivity index (χ4n) is 3.35. The molecule has 2 heterocycles. The van der Waals surface area contributed by atoms with E-state index in [0.29, 0.717) is 5.92 Å². The molecule has 0 saturated heterocycles. The average Bonchev–Trinajstić information content (AvgIpc) is 3.59. The monoisotopic (exact) mass is 582 g/mol. The minimum atomic E-state index is -4.61. The molecule has 34 heavy (non-hydrogen) atoms. The number of hydrogen-bond acceptors (Lipinski definition) is 5. The van der Waals surface area contributed by atoms with E-state index in [2.05, 4.69) is 53.1 Å². The van der Waals surface area contributed by atoms with E-state index in [9.17, 15) is 17.6 Å². The standard InChI is InChI=1S/C22H16F4N6.CH3I/c23-16-8-4-2-6-14(16)17-11-18(29-21-30-19(31-32-21)12-9-10-12)28-20(27-17)13-5-1-3-7-15(13)22(24,25)26;1-2/h1-8,11-12H,9-10H2,(H2,27,28,29,30,31,32);1H3. The number of anilines is 2. The molecule has 2 aromatic carbocycles. The minimum Gasteiger partial charge on any atom is -0.307 e. The van der Waals surface area contributed by atoms with Crippen LogP contribution < -0.4 is 5.32 Å². The molecule has 1 aliphatic rings. The summed E-state index contributed by atoms with van der Waals surface area (Å²) in [6.07, 6.45) is -2.56. The van der Waals surface area contributed by atoms with E-state index in [1.165, 1.54) is 42.5 Å². The highest BCUT2D eigenvalue weighted by molar-refractivity contribution is 14.1. The van der Waals surface area contributed by atoms with Crippen molar-refractivity contribution in [2.45, 2.75) is 24.9 Å². The molecular weight excluding hydrogens is 563 g/mol. The van der Waals surface area contributed by atoms with Gasteiger partial charge in [-0.15, -0.1) is 5.10 Å². The fraction of sp³-hybridized carbons (Fsp3) is 0.217. The largest absolute Gasteiger partial charge is 0.417 e. The summed E-state index contributed by atoms with van der Waals surface area (Å²) in [6, 6.07) is 12.3. The third kappa shape index (κ3) is 5.34. The number of hydrogen-bond donors (Lipinski definition) is 2. The molecule has 5 rings (SSSR count). The minimum absolute atomic E-state index is 0.130.